The third kappa shape index (κ3) is 4.45. The van der Waals surface area contributed by atoms with E-state index in [-0.39, 0.29) is 17.9 Å². The molecule has 24 heavy (non-hydrogen) atoms. The zero-order valence-corrected chi connectivity index (χ0v) is 14.4. The lowest BCUT2D eigenvalue weighted by Crippen LogP contribution is -3.11. The molecule has 0 bridgehead atoms. The number of carbonyl (C=O) groups is 1. The van der Waals surface area contributed by atoms with Crippen LogP contribution in [0.5, 0.6) is 0 Å². The zero-order valence-electron chi connectivity index (χ0n) is 14.4. The van der Waals surface area contributed by atoms with Gasteiger partial charge >= 0.3 is 0 Å². The molecule has 0 saturated carbocycles. The van der Waals surface area contributed by atoms with Gasteiger partial charge in [-0.25, -0.2) is 0 Å². The summed E-state index contributed by atoms with van der Waals surface area (Å²) < 4.78 is 0. The second-order valence-corrected chi connectivity index (χ2v) is 6.83. The summed E-state index contributed by atoms with van der Waals surface area (Å²) in [7, 11) is 0. The van der Waals surface area contributed by atoms with Crippen LogP contribution in [0.3, 0.4) is 0 Å². The molecule has 0 aliphatic carbocycles. The maximum Gasteiger partial charge on any atom is 0.224 e. The number of carbonyl (C=O) groups excluding carboxylic acids is 1. The van der Waals surface area contributed by atoms with Gasteiger partial charge in [-0.05, 0) is 12.5 Å². The zero-order chi connectivity index (χ0) is 16.8. The summed E-state index contributed by atoms with van der Waals surface area (Å²) in [5.74, 6) is 0.376. The molecule has 126 valence electrons. The molecular weight excluding hydrogens is 296 g/mol. The van der Waals surface area contributed by atoms with Crippen LogP contribution in [0.4, 0.5) is 0 Å². The smallest absolute Gasteiger partial charge is 0.224 e. The molecule has 3 rings (SSSR count). The van der Waals surface area contributed by atoms with Crippen LogP contribution < -0.4 is 10.2 Å². The van der Waals surface area contributed by atoms with E-state index in [1.807, 2.05) is 18.2 Å². The highest BCUT2D eigenvalue weighted by atomic mass is 16.1. The summed E-state index contributed by atoms with van der Waals surface area (Å²) in [5, 5.41) is 3.18. The van der Waals surface area contributed by atoms with E-state index in [0.717, 1.165) is 38.0 Å². The first-order chi connectivity index (χ1) is 11.7. The summed E-state index contributed by atoms with van der Waals surface area (Å²) in [5.41, 5.74) is 2.55. The third-order valence-corrected chi connectivity index (χ3v) is 5.02. The van der Waals surface area contributed by atoms with Crippen LogP contribution in [0.1, 0.15) is 36.9 Å². The highest BCUT2D eigenvalue weighted by molar-refractivity contribution is 5.79. The van der Waals surface area contributed by atoms with E-state index in [1.165, 1.54) is 5.56 Å². The Morgan fingerprint density at radius 2 is 1.62 bits per heavy atom. The van der Waals surface area contributed by atoms with E-state index in [0.29, 0.717) is 0 Å². The van der Waals surface area contributed by atoms with Crippen molar-refractivity contribution < 1.29 is 9.69 Å². The first kappa shape index (κ1) is 16.7. The molecule has 3 nitrogen and oxygen atoms in total. The second kappa shape index (κ2) is 8.11. The quantitative estimate of drug-likeness (QED) is 0.870. The van der Waals surface area contributed by atoms with Crippen molar-refractivity contribution in [2.45, 2.75) is 32.4 Å². The molecular formula is C21H27N2O+. The predicted octanol–water partition coefficient (Wildman–Crippen LogP) is 2.36. The highest BCUT2D eigenvalue weighted by Crippen LogP contribution is 2.15. The Hall–Kier alpha value is -2.13. The fourth-order valence-electron chi connectivity index (χ4n) is 3.51. The number of likely N-dealkylation sites (tertiary alicyclic amines) is 1. The Morgan fingerprint density at radius 1 is 1.04 bits per heavy atom. The van der Waals surface area contributed by atoms with Crippen molar-refractivity contribution >= 4 is 5.91 Å². The van der Waals surface area contributed by atoms with Gasteiger partial charge in [-0.15, -0.1) is 0 Å². The monoisotopic (exact) mass is 323 g/mol. The Bertz CT molecular complexity index is 633. The Balaban J connectivity index is 1.47. The number of rotatable bonds is 5. The fraction of sp³-hybridized carbons (Fsp3) is 0.381. The van der Waals surface area contributed by atoms with Gasteiger partial charge in [0.15, 0.2) is 0 Å². The van der Waals surface area contributed by atoms with Crippen LogP contribution >= 0.6 is 0 Å². The molecule has 0 aromatic heterocycles. The van der Waals surface area contributed by atoms with Crippen molar-refractivity contribution in [1.82, 2.24) is 5.32 Å². The average Bonchev–Trinajstić information content (AvgIpc) is 2.64. The number of quaternary nitrogens is 1. The third-order valence-electron chi connectivity index (χ3n) is 5.02. The van der Waals surface area contributed by atoms with E-state index < -0.39 is 0 Å². The molecule has 1 aliphatic rings. The first-order valence-electron chi connectivity index (χ1n) is 8.95. The van der Waals surface area contributed by atoms with Crippen LogP contribution in [0, 0.1) is 5.92 Å². The molecule has 3 heteroatoms. The number of amides is 1. The molecule has 0 unspecified atom stereocenters. The molecule has 1 amide bonds. The van der Waals surface area contributed by atoms with E-state index in [1.54, 1.807) is 4.90 Å². The standard InChI is InChI=1S/C21H26N2O/c1-17(19-10-6-3-7-11-19)22-21(24)20-12-14-23(15-13-20)16-18-8-4-2-5-9-18/h2-11,17,20H,12-16H2,1H3,(H,22,24)/p+1/t17-/m0/s1. The lowest BCUT2D eigenvalue weighted by Gasteiger charge is -2.29. The summed E-state index contributed by atoms with van der Waals surface area (Å²) in [6.45, 7) is 5.28. The lowest BCUT2D eigenvalue weighted by atomic mass is 9.95. The predicted molar refractivity (Wildman–Crippen MR) is 96.6 cm³/mol. The van der Waals surface area contributed by atoms with Crippen LogP contribution in [0.25, 0.3) is 0 Å². The molecule has 1 heterocycles. The van der Waals surface area contributed by atoms with Crippen LogP contribution in [0.15, 0.2) is 60.7 Å². The van der Waals surface area contributed by atoms with Gasteiger partial charge in [0.05, 0.1) is 19.1 Å². The molecule has 0 radical (unpaired) electrons. The summed E-state index contributed by atoms with van der Waals surface area (Å²) in [6.07, 6.45) is 1.96. The number of hydrogen-bond acceptors (Lipinski definition) is 1. The van der Waals surface area contributed by atoms with Crippen molar-refractivity contribution in [1.29, 1.82) is 0 Å². The SMILES string of the molecule is C[C@H](NC(=O)C1CC[NH+](Cc2ccccc2)CC1)c1ccccc1. The molecule has 2 N–H and O–H groups in total. The van der Waals surface area contributed by atoms with Gasteiger partial charge in [-0.3, -0.25) is 4.79 Å². The average molecular weight is 323 g/mol. The molecule has 1 saturated heterocycles. The molecule has 1 fully saturated rings. The molecule has 1 aliphatic heterocycles. The van der Waals surface area contributed by atoms with Gasteiger partial charge < -0.3 is 10.2 Å². The van der Waals surface area contributed by atoms with Crippen molar-refractivity contribution in [2.24, 2.45) is 5.92 Å². The largest absolute Gasteiger partial charge is 0.349 e. The van der Waals surface area contributed by atoms with Crippen LogP contribution in [0.2, 0.25) is 0 Å². The minimum atomic E-state index is 0.0772. The fourth-order valence-corrected chi connectivity index (χ4v) is 3.51. The highest BCUT2D eigenvalue weighted by Gasteiger charge is 2.28. The Labute approximate surface area is 144 Å². The minimum Gasteiger partial charge on any atom is -0.349 e. The van der Waals surface area contributed by atoms with Gasteiger partial charge in [0.1, 0.15) is 6.54 Å². The van der Waals surface area contributed by atoms with E-state index >= 15 is 0 Å². The van der Waals surface area contributed by atoms with Gasteiger partial charge in [-0.2, -0.15) is 0 Å². The lowest BCUT2D eigenvalue weighted by molar-refractivity contribution is -0.919. The molecule has 2 aromatic carbocycles. The second-order valence-electron chi connectivity index (χ2n) is 6.83. The number of hydrogen-bond donors (Lipinski definition) is 2. The van der Waals surface area contributed by atoms with Crippen molar-refractivity contribution in [3.63, 3.8) is 0 Å². The van der Waals surface area contributed by atoms with Crippen molar-refractivity contribution in [3.05, 3.63) is 71.8 Å². The van der Waals surface area contributed by atoms with Crippen molar-refractivity contribution in [3.8, 4) is 0 Å². The summed E-state index contributed by atoms with van der Waals surface area (Å²) >= 11 is 0. The topological polar surface area (TPSA) is 33.5 Å². The maximum atomic E-state index is 12.5. The number of benzene rings is 2. The Kier molecular flexibility index (Phi) is 5.65. The van der Waals surface area contributed by atoms with E-state index in [9.17, 15) is 4.79 Å². The number of nitrogens with one attached hydrogen (secondary N) is 2. The van der Waals surface area contributed by atoms with Crippen LogP contribution in [-0.4, -0.2) is 19.0 Å². The van der Waals surface area contributed by atoms with Crippen LogP contribution in [-0.2, 0) is 11.3 Å². The minimum absolute atomic E-state index is 0.0772. The van der Waals surface area contributed by atoms with Gasteiger partial charge in [0.2, 0.25) is 5.91 Å². The van der Waals surface area contributed by atoms with E-state index in [4.69, 9.17) is 0 Å². The maximum absolute atomic E-state index is 12.5. The van der Waals surface area contributed by atoms with Gasteiger partial charge in [0.25, 0.3) is 0 Å². The molecule has 0 spiro atoms. The van der Waals surface area contributed by atoms with E-state index in [2.05, 4.69) is 54.7 Å². The van der Waals surface area contributed by atoms with Crippen molar-refractivity contribution in [2.75, 3.05) is 13.1 Å². The normalized spacial score (nSPS) is 21.9. The molecule has 2 aromatic rings. The van der Waals surface area contributed by atoms with Gasteiger partial charge in [0, 0.05) is 24.3 Å². The Morgan fingerprint density at radius 3 is 2.25 bits per heavy atom. The summed E-state index contributed by atoms with van der Waals surface area (Å²) in [6, 6.07) is 20.9. The number of piperidine rings is 1. The first-order valence-corrected chi connectivity index (χ1v) is 8.95. The molecule has 1 atom stereocenters. The summed E-state index contributed by atoms with van der Waals surface area (Å²) in [4.78, 5) is 14.1. The van der Waals surface area contributed by atoms with Gasteiger partial charge in [-0.1, -0.05) is 60.7 Å².